The van der Waals surface area contributed by atoms with E-state index in [1.54, 1.807) is 0 Å². The van der Waals surface area contributed by atoms with Gasteiger partial charge in [-0.2, -0.15) is 0 Å². The Hall–Kier alpha value is 0.476. The van der Waals surface area contributed by atoms with E-state index in [1.165, 1.54) is 0 Å². The number of hydrogen-bond acceptors (Lipinski definition) is 3. The Morgan fingerprint density at radius 2 is 1.50 bits per heavy atom. The molecule has 6 heavy (non-hydrogen) atoms. The summed E-state index contributed by atoms with van der Waals surface area (Å²) in [7, 11) is -2.86. The van der Waals surface area contributed by atoms with Crippen molar-refractivity contribution in [2.24, 2.45) is 0 Å². The van der Waals surface area contributed by atoms with Gasteiger partial charge in [-0.05, 0) is 0 Å². The molecule has 1 radical (unpaired) electrons. The molecule has 1 N–H and O–H groups in total. The molecule has 0 amide bonds. The number of rotatable bonds is 0. The van der Waals surface area contributed by atoms with Gasteiger partial charge in [-0.15, -0.1) is 0 Å². The molecule has 0 saturated heterocycles. The Morgan fingerprint density at radius 1 is 1.50 bits per heavy atom. The van der Waals surface area contributed by atoms with E-state index in [4.69, 9.17) is 13.0 Å². The molecule has 3 nitrogen and oxygen atoms in total. The van der Waals surface area contributed by atoms with E-state index < -0.39 is 11.0 Å². The van der Waals surface area contributed by atoms with Crippen molar-refractivity contribution in [3.8, 4) is 0 Å². The van der Waals surface area contributed by atoms with Crippen LogP contribution in [0.5, 0.6) is 0 Å². The Kier molecular flexibility index (Phi) is 14.7. The van der Waals surface area contributed by atoms with E-state index in [0.717, 1.165) is 0 Å². The second-order valence-corrected chi connectivity index (χ2v) is 0.651. The molecule has 0 heterocycles. The van der Waals surface area contributed by atoms with E-state index in [1.807, 2.05) is 0 Å². The van der Waals surface area contributed by atoms with Crippen LogP contribution >= 0.6 is 0 Å². The van der Waals surface area contributed by atoms with Crippen molar-refractivity contribution in [1.82, 2.24) is 0 Å². The van der Waals surface area contributed by atoms with Gasteiger partial charge in [0.2, 0.25) is 0 Å². The molecule has 0 atom stereocenters. The van der Waals surface area contributed by atoms with Crippen molar-refractivity contribution in [3.63, 3.8) is 0 Å². The van der Waals surface area contributed by atoms with Gasteiger partial charge in [0.15, 0.2) is 0 Å². The minimum atomic E-state index is -2.86. The summed E-state index contributed by atoms with van der Waals surface area (Å²) in [5.74, 6) is 0. The third-order valence-corrected chi connectivity index (χ3v) is 0. The molecule has 0 aliphatic rings. The van der Waals surface area contributed by atoms with Crippen LogP contribution in [0.3, 0.4) is 0 Å². The SMILES string of the molecule is O=[S-](=O)O.[F][GaH]. The first kappa shape index (κ1) is 9.69. The van der Waals surface area contributed by atoms with Gasteiger partial charge >= 0.3 is 22.4 Å². The molecule has 0 bridgehead atoms. The Balaban J connectivity index is 0. The van der Waals surface area contributed by atoms with Crippen molar-refractivity contribution < 1.29 is 16.3 Å². The van der Waals surface area contributed by atoms with Gasteiger partial charge in [-0.25, -0.2) is 0 Å². The minimum absolute atomic E-state index is 0.125. The summed E-state index contributed by atoms with van der Waals surface area (Å²) in [6, 6.07) is 0. The van der Waals surface area contributed by atoms with Crippen molar-refractivity contribution in [3.05, 3.63) is 0 Å². The van der Waals surface area contributed by atoms with Crippen LogP contribution in [0.25, 0.3) is 0 Å². The first-order chi connectivity index (χ1) is 2.73. The van der Waals surface area contributed by atoms with Gasteiger partial charge in [-0.3, -0.25) is 0 Å². The second-order valence-electron chi connectivity index (χ2n) is 0.217. The molecule has 0 unspecified atom stereocenters. The first-order valence-electron chi connectivity index (χ1n) is 0.783. The molecule has 37 valence electrons. The monoisotopic (exact) mass is 170 g/mol. The summed E-state index contributed by atoms with van der Waals surface area (Å²) in [6.07, 6.45) is 0. The third kappa shape index (κ3) is 238. The molecule has 0 fully saturated rings. The zero-order valence-corrected chi connectivity index (χ0v) is 6.54. The van der Waals surface area contributed by atoms with E-state index in [9.17, 15) is 3.29 Å². The molecular formula is H2FGaO3S-. The van der Waals surface area contributed by atoms with Gasteiger partial charge in [0.05, 0.1) is 0 Å². The summed E-state index contributed by atoms with van der Waals surface area (Å²) < 4.78 is 33.7. The first-order valence-corrected chi connectivity index (χ1v) is 2.94. The normalized spacial score (nSPS) is 6.50. The topological polar surface area (TPSA) is 54.4 Å². The van der Waals surface area contributed by atoms with E-state index in [0.29, 0.717) is 0 Å². The van der Waals surface area contributed by atoms with Gasteiger partial charge < -0.3 is 13.0 Å². The molecule has 0 aliphatic heterocycles. The van der Waals surface area contributed by atoms with Gasteiger partial charge in [-0.1, -0.05) is 0 Å². The molecule has 0 saturated carbocycles. The quantitative estimate of drug-likeness (QED) is 0.232. The van der Waals surface area contributed by atoms with Gasteiger partial charge in [0.1, 0.15) is 0 Å². The summed E-state index contributed by atoms with van der Waals surface area (Å²) in [4.78, 5) is 0. The fraction of sp³-hybridized carbons (Fsp3) is 0. The standard InChI is InChI=1S/FH.Ga.HO3S.H/c;;1-4(2)3;/h1H;;(H,1,2,3);/q;+1;-1;/p-1. The summed E-state index contributed by atoms with van der Waals surface area (Å²) in [6.45, 7) is 0. The van der Waals surface area contributed by atoms with Crippen LogP contribution in [-0.4, -0.2) is 23.7 Å². The molecular weight excluding hydrogens is 169 g/mol. The molecule has 0 aromatic carbocycles. The maximum absolute atomic E-state index is 9.62. The van der Waals surface area contributed by atoms with Crippen LogP contribution < -0.4 is 0 Å². The van der Waals surface area contributed by atoms with Crippen molar-refractivity contribution in [2.75, 3.05) is 0 Å². The third-order valence-electron chi connectivity index (χ3n) is 0. The van der Waals surface area contributed by atoms with Crippen molar-refractivity contribution >= 4 is 30.1 Å². The molecule has 6 heteroatoms. The number of halogens is 1. The second kappa shape index (κ2) is 9.08. The zero-order valence-electron chi connectivity index (χ0n) is 2.76. The molecule has 0 aromatic heterocycles. The summed E-state index contributed by atoms with van der Waals surface area (Å²) in [5.41, 5.74) is 0. The maximum atomic E-state index is 9.62. The van der Waals surface area contributed by atoms with Crippen LogP contribution in [0.1, 0.15) is 0 Å². The van der Waals surface area contributed by atoms with Crippen LogP contribution in [-0.2, 0) is 19.4 Å². The molecule has 0 aromatic rings. The Morgan fingerprint density at radius 3 is 1.50 bits per heavy atom. The predicted molar refractivity (Wildman–Crippen MR) is 19.6 cm³/mol. The molecule has 0 aliphatic carbocycles. The number of hydrogen-bond donors (Lipinski definition) is 1. The fourth-order valence-electron chi connectivity index (χ4n) is 0. The zero-order chi connectivity index (χ0) is 5.58. The van der Waals surface area contributed by atoms with E-state index >= 15 is 0 Å². The van der Waals surface area contributed by atoms with E-state index in [-0.39, 0.29) is 19.1 Å². The summed E-state index contributed by atoms with van der Waals surface area (Å²) in [5, 5.41) is 0. The Labute approximate surface area is 46.8 Å². The van der Waals surface area contributed by atoms with Crippen LogP contribution in [0.2, 0.25) is 0 Å². The van der Waals surface area contributed by atoms with Gasteiger partial charge in [0, 0.05) is 11.0 Å². The van der Waals surface area contributed by atoms with Crippen LogP contribution in [0.4, 0.5) is 3.29 Å². The predicted octanol–water partition coefficient (Wildman–Crippen LogP) is -0.460. The Bertz CT molecular complexity index is 59.2. The van der Waals surface area contributed by atoms with Crippen LogP contribution in [0.15, 0.2) is 0 Å². The summed E-state index contributed by atoms with van der Waals surface area (Å²) >= 11 is -0.125. The molecule has 0 spiro atoms. The van der Waals surface area contributed by atoms with Crippen LogP contribution in [0, 0.1) is 0 Å². The van der Waals surface area contributed by atoms with E-state index in [2.05, 4.69) is 0 Å². The van der Waals surface area contributed by atoms with Crippen molar-refractivity contribution in [1.29, 1.82) is 0 Å². The molecule has 0 rings (SSSR count). The fourth-order valence-corrected chi connectivity index (χ4v) is 0. The average Bonchev–Trinajstić information content (AvgIpc) is 1.41. The van der Waals surface area contributed by atoms with Gasteiger partial charge in [0.25, 0.3) is 0 Å². The average molecular weight is 171 g/mol. The van der Waals surface area contributed by atoms with Crippen molar-refractivity contribution in [2.45, 2.75) is 0 Å².